The van der Waals surface area contributed by atoms with Crippen LogP contribution in [-0.2, 0) is 14.9 Å². The topological polar surface area (TPSA) is 47.6 Å². The summed E-state index contributed by atoms with van der Waals surface area (Å²) in [5, 5.41) is 3.77. The molecule has 4 nitrogen and oxygen atoms in total. The Morgan fingerprint density at radius 1 is 1.22 bits per heavy atom. The number of carbonyl (C=O) groups is 1. The van der Waals surface area contributed by atoms with Crippen molar-refractivity contribution in [3.05, 3.63) is 70.8 Å². The SMILES string of the molecule is COc1cccc(C=CC(=O)NCC2(c3cccc(Cl)c3)CCOCC2)c1. The molecule has 3 rings (SSSR count). The fraction of sp³-hybridized carbons (Fsp3) is 0.318. The molecule has 0 unspecified atom stereocenters. The van der Waals surface area contributed by atoms with Crippen LogP contribution in [0.1, 0.15) is 24.0 Å². The van der Waals surface area contributed by atoms with Gasteiger partial charge in [-0.15, -0.1) is 0 Å². The highest BCUT2D eigenvalue weighted by Gasteiger charge is 2.34. The first-order valence-corrected chi connectivity index (χ1v) is 9.43. The summed E-state index contributed by atoms with van der Waals surface area (Å²) < 4.78 is 10.7. The lowest BCUT2D eigenvalue weighted by molar-refractivity contribution is -0.116. The van der Waals surface area contributed by atoms with Crippen LogP contribution >= 0.6 is 11.6 Å². The number of nitrogens with one attached hydrogen (secondary N) is 1. The Kier molecular flexibility index (Phi) is 6.54. The van der Waals surface area contributed by atoms with Gasteiger partial charge in [0.05, 0.1) is 7.11 Å². The molecule has 5 heteroatoms. The maximum absolute atomic E-state index is 12.4. The standard InChI is InChI=1S/C22H24ClNO3/c1-26-20-7-2-4-17(14-20)8-9-21(25)24-16-22(10-12-27-13-11-22)18-5-3-6-19(23)15-18/h2-9,14-15H,10-13,16H2,1H3,(H,24,25). The highest BCUT2D eigenvalue weighted by molar-refractivity contribution is 6.30. The van der Waals surface area contributed by atoms with E-state index in [1.807, 2.05) is 42.5 Å². The van der Waals surface area contributed by atoms with E-state index >= 15 is 0 Å². The van der Waals surface area contributed by atoms with Crippen LogP contribution in [0, 0.1) is 0 Å². The van der Waals surface area contributed by atoms with E-state index in [4.69, 9.17) is 21.1 Å². The Labute approximate surface area is 165 Å². The van der Waals surface area contributed by atoms with E-state index in [1.165, 1.54) is 0 Å². The van der Waals surface area contributed by atoms with Crippen molar-refractivity contribution in [2.24, 2.45) is 0 Å². The van der Waals surface area contributed by atoms with Crippen LogP contribution in [0.2, 0.25) is 5.02 Å². The largest absolute Gasteiger partial charge is 0.497 e. The Morgan fingerprint density at radius 2 is 2.00 bits per heavy atom. The average Bonchev–Trinajstić information content (AvgIpc) is 2.71. The van der Waals surface area contributed by atoms with E-state index in [-0.39, 0.29) is 11.3 Å². The molecule has 1 amide bonds. The van der Waals surface area contributed by atoms with Gasteiger partial charge in [0.1, 0.15) is 5.75 Å². The molecule has 0 radical (unpaired) electrons. The summed E-state index contributed by atoms with van der Waals surface area (Å²) in [6, 6.07) is 15.5. The molecule has 0 bridgehead atoms. The zero-order valence-corrected chi connectivity index (χ0v) is 16.2. The molecule has 1 N–H and O–H groups in total. The van der Waals surface area contributed by atoms with E-state index < -0.39 is 0 Å². The lowest BCUT2D eigenvalue weighted by Gasteiger charge is -2.38. The smallest absolute Gasteiger partial charge is 0.244 e. The van der Waals surface area contributed by atoms with Crippen molar-refractivity contribution in [3.8, 4) is 5.75 Å². The third-order valence-electron chi connectivity index (χ3n) is 5.01. The van der Waals surface area contributed by atoms with E-state index in [2.05, 4.69) is 11.4 Å². The van der Waals surface area contributed by atoms with Gasteiger partial charge in [-0.2, -0.15) is 0 Å². The average molecular weight is 386 g/mol. The first kappa shape index (κ1) is 19.5. The lowest BCUT2D eigenvalue weighted by atomic mass is 9.74. The van der Waals surface area contributed by atoms with Crippen molar-refractivity contribution in [3.63, 3.8) is 0 Å². The van der Waals surface area contributed by atoms with Gasteiger partial charge in [0.15, 0.2) is 0 Å². The number of halogens is 1. The monoisotopic (exact) mass is 385 g/mol. The molecule has 0 saturated carbocycles. The van der Waals surface area contributed by atoms with E-state index in [0.29, 0.717) is 24.8 Å². The summed E-state index contributed by atoms with van der Waals surface area (Å²) in [4.78, 5) is 12.4. The van der Waals surface area contributed by atoms with Crippen LogP contribution in [0.3, 0.4) is 0 Å². The Bertz CT molecular complexity index is 813. The molecule has 1 aliphatic rings. The van der Waals surface area contributed by atoms with Gasteiger partial charge < -0.3 is 14.8 Å². The summed E-state index contributed by atoms with van der Waals surface area (Å²) in [5.74, 6) is 0.644. The van der Waals surface area contributed by atoms with Crippen molar-refractivity contribution in [2.45, 2.75) is 18.3 Å². The summed E-state index contributed by atoms with van der Waals surface area (Å²) in [7, 11) is 1.62. The van der Waals surface area contributed by atoms with Gasteiger partial charge in [-0.25, -0.2) is 0 Å². The number of ether oxygens (including phenoxy) is 2. The maximum Gasteiger partial charge on any atom is 0.244 e. The number of benzene rings is 2. The highest BCUT2D eigenvalue weighted by atomic mass is 35.5. The van der Waals surface area contributed by atoms with Crippen LogP contribution in [0.5, 0.6) is 5.75 Å². The van der Waals surface area contributed by atoms with Gasteiger partial charge in [0.2, 0.25) is 5.91 Å². The van der Waals surface area contributed by atoms with Crippen molar-refractivity contribution >= 4 is 23.6 Å². The zero-order chi connectivity index (χ0) is 19.1. The van der Waals surface area contributed by atoms with Crippen molar-refractivity contribution in [2.75, 3.05) is 26.9 Å². The summed E-state index contributed by atoms with van der Waals surface area (Å²) in [5.41, 5.74) is 1.92. The molecular weight excluding hydrogens is 362 g/mol. The number of carbonyl (C=O) groups excluding carboxylic acids is 1. The third kappa shape index (κ3) is 5.12. The fourth-order valence-electron chi connectivity index (χ4n) is 3.38. The molecule has 2 aromatic rings. The van der Waals surface area contributed by atoms with Crippen LogP contribution in [0.15, 0.2) is 54.6 Å². The number of rotatable bonds is 6. The molecule has 2 aromatic carbocycles. The van der Waals surface area contributed by atoms with E-state index in [9.17, 15) is 4.79 Å². The number of methoxy groups -OCH3 is 1. The van der Waals surface area contributed by atoms with Gasteiger partial charge in [0, 0.05) is 36.3 Å². The van der Waals surface area contributed by atoms with Crippen LogP contribution < -0.4 is 10.1 Å². The highest BCUT2D eigenvalue weighted by Crippen LogP contribution is 2.35. The first-order valence-electron chi connectivity index (χ1n) is 9.05. The molecule has 1 heterocycles. The fourth-order valence-corrected chi connectivity index (χ4v) is 3.57. The molecule has 1 saturated heterocycles. The molecule has 0 atom stereocenters. The molecule has 0 aromatic heterocycles. The molecule has 27 heavy (non-hydrogen) atoms. The van der Waals surface area contributed by atoms with Gasteiger partial charge >= 0.3 is 0 Å². The van der Waals surface area contributed by atoms with Crippen molar-refractivity contribution in [1.82, 2.24) is 5.32 Å². The predicted octanol–water partition coefficient (Wildman–Crippen LogP) is 4.23. The van der Waals surface area contributed by atoms with Gasteiger partial charge in [-0.1, -0.05) is 35.9 Å². The summed E-state index contributed by atoms with van der Waals surface area (Å²) >= 11 is 6.19. The van der Waals surface area contributed by atoms with Gasteiger partial charge in [0.25, 0.3) is 0 Å². The number of hydrogen-bond acceptors (Lipinski definition) is 3. The van der Waals surface area contributed by atoms with Gasteiger partial charge in [-0.3, -0.25) is 4.79 Å². The molecule has 1 fully saturated rings. The minimum Gasteiger partial charge on any atom is -0.497 e. The number of hydrogen-bond donors (Lipinski definition) is 1. The molecule has 142 valence electrons. The summed E-state index contributed by atoms with van der Waals surface area (Å²) in [6.07, 6.45) is 5.05. The minimum atomic E-state index is -0.150. The van der Waals surface area contributed by atoms with Crippen LogP contribution in [0.25, 0.3) is 6.08 Å². The second kappa shape index (κ2) is 9.07. The normalized spacial score (nSPS) is 16.2. The quantitative estimate of drug-likeness (QED) is 0.757. The van der Waals surface area contributed by atoms with Crippen LogP contribution in [-0.4, -0.2) is 32.8 Å². The van der Waals surface area contributed by atoms with Crippen molar-refractivity contribution < 1.29 is 14.3 Å². The molecule has 1 aliphatic heterocycles. The summed E-state index contributed by atoms with van der Waals surface area (Å²) in [6.45, 7) is 1.92. The lowest BCUT2D eigenvalue weighted by Crippen LogP contribution is -2.44. The predicted molar refractivity (Wildman–Crippen MR) is 108 cm³/mol. The minimum absolute atomic E-state index is 0.120. The second-order valence-electron chi connectivity index (χ2n) is 6.73. The first-order chi connectivity index (χ1) is 13.1. The molecule has 0 spiro atoms. The van der Waals surface area contributed by atoms with Crippen molar-refractivity contribution in [1.29, 1.82) is 0 Å². The Hall–Kier alpha value is -2.30. The maximum atomic E-state index is 12.4. The third-order valence-corrected chi connectivity index (χ3v) is 5.24. The number of amides is 1. The van der Waals surface area contributed by atoms with E-state index in [1.54, 1.807) is 19.3 Å². The second-order valence-corrected chi connectivity index (χ2v) is 7.17. The zero-order valence-electron chi connectivity index (χ0n) is 15.4. The Morgan fingerprint density at radius 3 is 2.74 bits per heavy atom. The Balaban J connectivity index is 1.68. The van der Waals surface area contributed by atoms with Gasteiger partial charge in [-0.05, 0) is 54.3 Å². The molecular formula is C22H24ClNO3. The van der Waals surface area contributed by atoms with Crippen LogP contribution in [0.4, 0.5) is 0 Å². The van der Waals surface area contributed by atoms with E-state index in [0.717, 1.165) is 29.7 Å². The molecule has 0 aliphatic carbocycles.